The number of halogens is 1. The molecular formula is C16H25FN2. The molecule has 1 saturated heterocycles. The first-order chi connectivity index (χ1) is 9.29. The summed E-state index contributed by atoms with van der Waals surface area (Å²) >= 11 is 0. The van der Waals surface area contributed by atoms with Crippen LogP contribution in [0.4, 0.5) is 4.39 Å². The highest BCUT2D eigenvalue weighted by atomic mass is 19.1. The summed E-state index contributed by atoms with van der Waals surface area (Å²) in [6.45, 7) is 6.57. The Morgan fingerprint density at radius 3 is 2.68 bits per heavy atom. The van der Waals surface area contributed by atoms with Gasteiger partial charge in [0, 0.05) is 12.6 Å². The van der Waals surface area contributed by atoms with E-state index in [9.17, 15) is 4.39 Å². The monoisotopic (exact) mass is 264 g/mol. The number of rotatable bonds is 6. The van der Waals surface area contributed by atoms with E-state index in [-0.39, 0.29) is 5.82 Å². The van der Waals surface area contributed by atoms with E-state index in [4.69, 9.17) is 0 Å². The first-order valence-corrected chi connectivity index (χ1v) is 7.48. The molecule has 0 amide bonds. The number of piperidine rings is 1. The van der Waals surface area contributed by atoms with E-state index >= 15 is 0 Å². The van der Waals surface area contributed by atoms with E-state index in [1.165, 1.54) is 19.3 Å². The molecule has 2 nitrogen and oxygen atoms in total. The van der Waals surface area contributed by atoms with Crippen LogP contribution in [0.5, 0.6) is 0 Å². The quantitative estimate of drug-likeness (QED) is 0.850. The van der Waals surface area contributed by atoms with Gasteiger partial charge in [-0.1, -0.05) is 25.1 Å². The van der Waals surface area contributed by atoms with Crippen LogP contribution in [-0.4, -0.2) is 37.1 Å². The summed E-state index contributed by atoms with van der Waals surface area (Å²) in [6.07, 6.45) is 4.46. The Bertz CT molecular complexity index is 373. The van der Waals surface area contributed by atoms with Crippen molar-refractivity contribution >= 4 is 0 Å². The predicted octanol–water partition coefficient (Wildman–Crippen LogP) is 2.83. The smallest absolute Gasteiger partial charge is 0.126 e. The van der Waals surface area contributed by atoms with Crippen LogP contribution in [0.2, 0.25) is 0 Å². The normalized spacial score (nSPS) is 17.8. The Morgan fingerprint density at radius 1 is 1.26 bits per heavy atom. The van der Waals surface area contributed by atoms with Gasteiger partial charge in [0.25, 0.3) is 0 Å². The lowest BCUT2D eigenvalue weighted by Crippen LogP contribution is -2.43. The second-order valence-electron chi connectivity index (χ2n) is 5.41. The maximum Gasteiger partial charge on any atom is 0.126 e. The average molecular weight is 264 g/mol. The van der Waals surface area contributed by atoms with E-state index in [1.54, 1.807) is 12.1 Å². The van der Waals surface area contributed by atoms with Gasteiger partial charge in [-0.25, -0.2) is 4.39 Å². The third kappa shape index (κ3) is 4.59. The fraction of sp³-hybridized carbons (Fsp3) is 0.625. The Balaban J connectivity index is 1.70. The van der Waals surface area contributed by atoms with Crippen molar-refractivity contribution in [3.63, 3.8) is 0 Å². The second kappa shape index (κ2) is 7.61. The van der Waals surface area contributed by atoms with E-state index in [0.717, 1.165) is 38.2 Å². The molecule has 0 aliphatic carbocycles. The molecule has 0 saturated carbocycles. The molecule has 106 valence electrons. The van der Waals surface area contributed by atoms with Gasteiger partial charge < -0.3 is 10.2 Å². The Hall–Kier alpha value is -0.930. The molecule has 3 heteroatoms. The van der Waals surface area contributed by atoms with Gasteiger partial charge in [0.05, 0.1) is 0 Å². The lowest BCUT2D eigenvalue weighted by atomic mass is 10.0. The summed E-state index contributed by atoms with van der Waals surface area (Å²) < 4.78 is 13.5. The Labute approximate surface area is 116 Å². The molecule has 0 bridgehead atoms. The highest BCUT2D eigenvalue weighted by Gasteiger charge is 2.18. The first-order valence-electron chi connectivity index (χ1n) is 7.48. The maximum absolute atomic E-state index is 13.5. The summed E-state index contributed by atoms with van der Waals surface area (Å²) in [5.74, 6) is -0.0676. The molecular weight excluding hydrogens is 239 g/mol. The molecule has 0 radical (unpaired) electrons. The van der Waals surface area contributed by atoms with Crippen molar-refractivity contribution in [2.45, 2.75) is 38.6 Å². The number of hydrogen-bond acceptors (Lipinski definition) is 2. The third-order valence-corrected chi connectivity index (χ3v) is 3.93. The molecule has 19 heavy (non-hydrogen) atoms. The van der Waals surface area contributed by atoms with Gasteiger partial charge in [0.1, 0.15) is 5.82 Å². The number of hydrogen-bond donors (Lipinski definition) is 1. The number of benzene rings is 1. The zero-order valence-corrected chi connectivity index (χ0v) is 11.9. The van der Waals surface area contributed by atoms with Gasteiger partial charge in [-0.05, 0) is 56.9 Å². The summed E-state index contributed by atoms with van der Waals surface area (Å²) in [7, 11) is 0. The van der Waals surface area contributed by atoms with Crippen molar-refractivity contribution in [1.29, 1.82) is 0 Å². The standard InChI is InChI=1S/C16H25FN2/c1-2-10-18-15-8-12-19(13-9-15)11-7-14-5-3-4-6-16(14)17/h3-6,15,18H,2,7-13H2,1H3. The van der Waals surface area contributed by atoms with Gasteiger partial charge in [-0.3, -0.25) is 0 Å². The topological polar surface area (TPSA) is 15.3 Å². The molecule has 0 spiro atoms. The van der Waals surface area contributed by atoms with E-state index in [0.29, 0.717) is 6.04 Å². The zero-order valence-electron chi connectivity index (χ0n) is 11.9. The van der Waals surface area contributed by atoms with E-state index in [2.05, 4.69) is 17.1 Å². The lowest BCUT2D eigenvalue weighted by Gasteiger charge is -2.32. The highest BCUT2D eigenvalue weighted by molar-refractivity contribution is 5.17. The molecule has 1 aliphatic heterocycles. The summed E-state index contributed by atoms with van der Waals surface area (Å²) in [6, 6.07) is 7.80. The molecule has 1 N–H and O–H groups in total. The van der Waals surface area contributed by atoms with Crippen LogP contribution < -0.4 is 5.32 Å². The lowest BCUT2D eigenvalue weighted by molar-refractivity contribution is 0.199. The van der Waals surface area contributed by atoms with Crippen molar-refractivity contribution in [2.24, 2.45) is 0 Å². The van der Waals surface area contributed by atoms with Crippen LogP contribution in [0.15, 0.2) is 24.3 Å². The fourth-order valence-electron chi connectivity index (χ4n) is 2.69. The molecule has 1 aromatic rings. The highest BCUT2D eigenvalue weighted by Crippen LogP contribution is 2.13. The Kier molecular flexibility index (Phi) is 5.80. The molecule has 1 fully saturated rings. The summed E-state index contributed by atoms with van der Waals surface area (Å²) in [4.78, 5) is 2.45. The molecule has 0 unspecified atom stereocenters. The van der Waals surface area contributed by atoms with Crippen molar-refractivity contribution in [2.75, 3.05) is 26.2 Å². The fourth-order valence-corrected chi connectivity index (χ4v) is 2.69. The van der Waals surface area contributed by atoms with Gasteiger partial charge in [-0.15, -0.1) is 0 Å². The first kappa shape index (κ1) is 14.5. The average Bonchev–Trinajstić information content (AvgIpc) is 2.45. The third-order valence-electron chi connectivity index (χ3n) is 3.93. The predicted molar refractivity (Wildman–Crippen MR) is 77.9 cm³/mol. The van der Waals surface area contributed by atoms with Crippen LogP contribution in [0.25, 0.3) is 0 Å². The van der Waals surface area contributed by atoms with Crippen LogP contribution in [0.1, 0.15) is 31.7 Å². The van der Waals surface area contributed by atoms with E-state index < -0.39 is 0 Å². The minimum absolute atomic E-state index is 0.0676. The van der Waals surface area contributed by atoms with Crippen LogP contribution in [0.3, 0.4) is 0 Å². The number of likely N-dealkylation sites (tertiary alicyclic amines) is 1. The molecule has 0 aromatic heterocycles. The Morgan fingerprint density at radius 2 is 2.00 bits per heavy atom. The van der Waals surface area contributed by atoms with Gasteiger partial charge in [-0.2, -0.15) is 0 Å². The zero-order chi connectivity index (χ0) is 13.5. The molecule has 1 aromatic carbocycles. The molecule has 0 atom stereocenters. The molecule has 2 rings (SSSR count). The second-order valence-corrected chi connectivity index (χ2v) is 5.41. The minimum Gasteiger partial charge on any atom is -0.314 e. The number of nitrogens with zero attached hydrogens (tertiary/aromatic N) is 1. The van der Waals surface area contributed by atoms with Crippen molar-refractivity contribution in [3.05, 3.63) is 35.6 Å². The van der Waals surface area contributed by atoms with Crippen molar-refractivity contribution in [3.8, 4) is 0 Å². The van der Waals surface area contributed by atoms with Gasteiger partial charge in [0.2, 0.25) is 0 Å². The number of nitrogens with one attached hydrogen (secondary N) is 1. The van der Waals surface area contributed by atoms with Crippen LogP contribution in [-0.2, 0) is 6.42 Å². The van der Waals surface area contributed by atoms with E-state index in [1.807, 2.05) is 12.1 Å². The SMILES string of the molecule is CCCNC1CCN(CCc2ccccc2F)CC1. The van der Waals surface area contributed by atoms with Crippen LogP contribution >= 0.6 is 0 Å². The maximum atomic E-state index is 13.5. The minimum atomic E-state index is -0.0676. The van der Waals surface area contributed by atoms with Gasteiger partial charge in [0.15, 0.2) is 0 Å². The largest absolute Gasteiger partial charge is 0.314 e. The summed E-state index contributed by atoms with van der Waals surface area (Å²) in [5, 5.41) is 3.59. The van der Waals surface area contributed by atoms with Gasteiger partial charge >= 0.3 is 0 Å². The van der Waals surface area contributed by atoms with Crippen molar-refractivity contribution < 1.29 is 4.39 Å². The molecule has 1 aliphatic rings. The van der Waals surface area contributed by atoms with Crippen LogP contribution in [0, 0.1) is 5.82 Å². The summed E-state index contributed by atoms with van der Waals surface area (Å²) in [5.41, 5.74) is 0.841. The van der Waals surface area contributed by atoms with Crippen molar-refractivity contribution in [1.82, 2.24) is 10.2 Å². The molecule has 1 heterocycles.